The van der Waals surface area contributed by atoms with Gasteiger partial charge in [-0.15, -0.1) is 0 Å². The van der Waals surface area contributed by atoms with E-state index in [4.69, 9.17) is 9.72 Å². The summed E-state index contributed by atoms with van der Waals surface area (Å²) in [4.78, 5) is 47.8. The fourth-order valence-electron chi connectivity index (χ4n) is 6.73. The molecule has 5 aromatic carbocycles. The summed E-state index contributed by atoms with van der Waals surface area (Å²) >= 11 is 0. The Morgan fingerprint density at radius 2 is 1.31 bits per heavy atom. The summed E-state index contributed by atoms with van der Waals surface area (Å²) in [7, 11) is 0. The molecular formula is C45H41N3O4. The molecule has 2 amide bonds. The minimum atomic E-state index is -0.600. The van der Waals surface area contributed by atoms with E-state index in [9.17, 15) is 14.4 Å². The highest BCUT2D eigenvalue weighted by Crippen LogP contribution is 2.39. The Labute approximate surface area is 304 Å². The summed E-state index contributed by atoms with van der Waals surface area (Å²) in [6.07, 6.45) is 2.79. The predicted octanol–water partition coefficient (Wildman–Crippen LogP) is 9.53. The fourth-order valence-corrected chi connectivity index (χ4v) is 6.73. The van der Waals surface area contributed by atoms with Crippen LogP contribution in [0.4, 0.5) is 5.69 Å². The molecule has 1 aliphatic rings. The van der Waals surface area contributed by atoms with E-state index in [-0.39, 0.29) is 17.8 Å². The summed E-state index contributed by atoms with van der Waals surface area (Å²) in [5.74, 6) is -0.117. The summed E-state index contributed by atoms with van der Waals surface area (Å²) in [5, 5.41) is 0. The van der Waals surface area contributed by atoms with Gasteiger partial charge in [0.2, 0.25) is 0 Å². The number of benzene rings is 5. The zero-order chi connectivity index (χ0) is 36.4. The molecule has 0 saturated heterocycles. The molecule has 260 valence electrons. The van der Waals surface area contributed by atoms with Crippen molar-refractivity contribution in [3.8, 4) is 11.1 Å². The summed E-state index contributed by atoms with van der Waals surface area (Å²) in [5.41, 5.74) is 7.02. The Morgan fingerprint density at radius 3 is 1.90 bits per heavy atom. The van der Waals surface area contributed by atoms with E-state index in [1.807, 2.05) is 130 Å². The van der Waals surface area contributed by atoms with Crippen LogP contribution in [0.15, 0.2) is 127 Å². The molecule has 0 aliphatic carbocycles. The molecule has 0 unspecified atom stereocenters. The van der Waals surface area contributed by atoms with Gasteiger partial charge in [0.15, 0.2) is 0 Å². The van der Waals surface area contributed by atoms with Crippen LogP contribution in [0.2, 0.25) is 0 Å². The molecule has 0 atom stereocenters. The predicted molar refractivity (Wildman–Crippen MR) is 207 cm³/mol. The molecule has 1 aromatic heterocycles. The van der Waals surface area contributed by atoms with Crippen molar-refractivity contribution in [1.82, 2.24) is 9.55 Å². The van der Waals surface area contributed by atoms with E-state index >= 15 is 0 Å². The smallest absolute Gasteiger partial charge is 0.339 e. The van der Waals surface area contributed by atoms with E-state index in [1.165, 1.54) is 4.90 Å². The van der Waals surface area contributed by atoms with Crippen molar-refractivity contribution in [2.45, 2.75) is 59.1 Å². The molecular weight excluding hydrogens is 647 g/mol. The molecule has 0 bridgehead atoms. The zero-order valence-electron chi connectivity index (χ0n) is 29.9. The van der Waals surface area contributed by atoms with Crippen LogP contribution >= 0.6 is 0 Å². The first-order chi connectivity index (χ1) is 25.1. The highest BCUT2D eigenvalue weighted by Gasteiger charge is 2.40. The lowest BCUT2D eigenvalue weighted by Crippen LogP contribution is -2.31. The second kappa shape index (κ2) is 14.3. The molecule has 7 rings (SSSR count). The molecule has 7 heteroatoms. The molecule has 0 fully saturated rings. The van der Waals surface area contributed by atoms with Gasteiger partial charge in [-0.25, -0.2) is 14.7 Å². The first kappa shape index (κ1) is 34.4. The molecule has 7 nitrogen and oxygen atoms in total. The van der Waals surface area contributed by atoms with Crippen LogP contribution in [0.5, 0.6) is 0 Å². The number of imidazole rings is 1. The Balaban J connectivity index is 1.24. The number of unbranched alkanes of at least 4 members (excludes halogenated alkanes) is 1. The lowest BCUT2D eigenvalue weighted by molar-refractivity contribution is -0.119. The SMILES string of the molecule is CCCCc1nc2ccc(N3C(=O)C(c4ccccc4)=C(c4ccccc4)C3=O)cc2n1Cc1ccc(-c2ccccc2C(=O)OC(C)(C)C)cc1. The minimum absolute atomic E-state index is 0.353. The van der Waals surface area contributed by atoms with Gasteiger partial charge in [-0.2, -0.15) is 0 Å². The van der Waals surface area contributed by atoms with Crippen molar-refractivity contribution >= 4 is 45.7 Å². The number of aryl methyl sites for hydroxylation is 1. The van der Waals surface area contributed by atoms with Gasteiger partial charge in [0.1, 0.15) is 11.4 Å². The number of carbonyl (C=O) groups is 3. The fraction of sp³-hybridized carbons (Fsp3) is 0.200. The van der Waals surface area contributed by atoms with Crippen LogP contribution in [0.25, 0.3) is 33.3 Å². The number of amides is 2. The number of ether oxygens (including phenoxy) is 1. The standard InChI is InChI=1S/C45H41N3O4/c1-5-6-21-39-46-37-27-26-34(48-42(49)40(32-15-9-7-10-16-32)41(43(48)50)33-17-11-8-12-18-33)28-38(37)47(39)29-30-22-24-31(25-23-30)35-19-13-14-20-36(35)44(51)52-45(2,3)4/h7-20,22-28H,5-6,21,29H2,1-4H3. The van der Waals surface area contributed by atoms with Gasteiger partial charge in [0.05, 0.1) is 33.4 Å². The van der Waals surface area contributed by atoms with Crippen molar-refractivity contribution < 1.29 is 19.1 Å². The lowest BCUT2D eigenvalue weighted by atomic mass is 9.96. The second-order valence-corrected chi connectivity index (χ2v) is 14.1. The van der Waals surface area contributed by atoms with Crippen molar-refractivity contribution in [2.75, 3.05) is 4.90 Å². The molecule has 0 N–H and O–H groups in total. The van der Waals surface area contributed by atoms with Crippen LogP contribution in [0.1, 0.15) is 73.4 Å². The van der Waals surface area contributed by atoms with Crippen molar-refractivity contribution in [1.29, 1.82) is 0 Å². The number of fused-ring (bicyclic) bond motifs is 1. The Morgan fingerprint density at radius 1 is 0.712 bits per heavy atom. The van der Waals surface area contributed by atoms with Crippen LogP contribution < -0.4 is 4.90 Å². The molecule has 1 aliphatic heterocycles. The summed E-state index contributed by atoms with van der Waals surface area (Å²) in [6, 6.07) is 40.1. The largest absolute Gasteiger partial charge is 0.456 e. The molecule has 0 spiro atoms. The van der Waals surface area contributed by atoms with Crippen molar-refractivity contribution in [3.05, 3.63) is 155 Å². The molecule has 2 heterocycles. The van der Waals surface area contributed by atoms with Crippen molar-refractivity contribution in [3.63, 3.8) is 0 Å². The Bertz CT molecular complexity index is 2250. The van der Waals surface area contributed by atoms with E-state index in [0.717, 1.165) is 52.8 Å². The lowest BCUT2D eigenvalue weighted by Gasteiger charge is -2.20. The quantitative estimate of drug-likeness (QED) is 0.106. The Kier molecular flexibility index (Phi) is 9.43. The van der Waals surface area contributed by atoms with E-state index in [1.54, 1.807) is 6.07 Å². The molecule has 0 saturated carbocycles. The normalized spacial score (nSPS) is 13.3. The maximum atomic E-state index is 14.2. The average Bonchev–Trinajstić information content (AvgIpc) is 3.62. The van der Waals surface area contributed by atoms with Gasteiger partial charge in [-0.3, -0.25) is 9.59 Å². The number of rotatable bonds is 10. The highest BCUT2D eigenvalue weighted by molar-refractivity contribution is 6.57. The van der Waals surface area contributed by atoms with Gasteiger partial charge < -0.3 is 9.30 Å². The number of anilines is 1. The van der Waals surface area contributed by atoms with Gasteiger partial charge >= 0.3 is 5.97 Å². The van der Waals surface area contributed by atoms with Gasteiger partial charge in [-0.05, 0) is 79.3 Å². The topological polar surface area (TPSA) is 81.5 Å². The average molecular weight is 688 g/mol. The van der Waals surface area contributed by atoms with Crippen molar-refractivity contribution in [2.24, 2.45) is 0 Å². The first-order valence-electron chi connectivity index (χ1n) is 17.8. The van der Waals surface area contributed by atoms with Crippen LogP contribution in [-0.4, -0.2) is 32.9 Å². The van der Waals surface area contributed by atoms with Crippen LogP contribution in [0, 0.1) is 0 Å². The Hall–Kier alpha value is -6.08. The number of hydrogen-bond acceptors (Lipinski definition) is 5. The monoisotopic (exact) mass is 687 g/mol. The third-order valence-corrected chi connectivity index (χ3v) is 9.18. The number of imide groups is 1. The number of hydrogen-bond donors (Lipinski definition) is 0. The zero-order valence-corrected chi connectivity index (χ0v) is 29.9. The molecule has 6 aromatic rings. The molecule has 0 radical (unpaired) electrons. The number of nitrogens with zero attached hydrogens (tertiary/aromatic N) is 3. The first-order valence-corrected chi connectivity index (χ1v) is 17.8. The van der Waals surface area contributed by atoms with Gasteiger partial charge in [0, 0.05) is 13.0 Å². The number of carbonyl (C=O) groups excluding carboxylic acids is 3. The highest BCUT2D eigenvalue weighted by atomic mass is 16.6. The minimum Gasteiger partial charge on any atom is -0.456 e. The second-order valence-electron chi connectivity index (χ2n) is 14.1. The summed E-state index contributed by atoms with van der Waals surface area (Å²) < 4.78 is 7.87. The number of esters is 1. The molecule has 52 heavy (non-hydrogen) atoms. The van der Waals surface area contributed by atoms with Gasteiger partial charge in [-0.1, -0.05) is 116 Å². The summed E-state index contributed by atoms with van der Waals surface area (Å²) in [6.45, 7) is 8.29. The van der Waals surface area contributed by atoms with Crippen LogP contribution in [0.3, 0.4) is 0 Å². The van der Waals surface area contributed by atoms with E-state index in [0.29, 0.717) is 40.1 Å². The van der Waals surface area contributed by atoms with Crippen LogP contribution in [-0.2, 0) is 27.3 Å². The maximum Gasteiger partial charge on any atom is 0.339 e. The van der Waals surface area contributed by atoms with Gasteiger partial charge in [0.25, 0.3) is 11.8 Å². The van der Waals surface area contributed by atoms with E-state index in [2.05, 4.69) is 23.6 Å². The third-order valence-electron chi connectivity index (χ3n) is 9.18. The van der Waals surface area contributed by atoms with E-state index < -0.39 is 5.60 Å². The maximum absolute atomic E-state index is 14.2. The number of aromatic nitrogens is 2. The third kappa shape index (κ3) is 6.82.